The van der Waals surface area contributed by atoms with Gasteiger partial charge in [0.05, 0.1) is 13.2 Å². The number of anilines is 2. The molecule has 2 aliphatic rings. The van der Waals surface area contributed by atoms with Crippen LogP contribution in [0.15, 0.2) is 12.1 Å². The summed E-state index contributed by atoms with van der Waals surface area (Å²) in [5.74, 6) is 0.890. The van der Waals surface area contributed by atoms with Crippen LogP contribution in [0.25, 0.3) is 0 Å². The molecule has 104 valence electrons. The van der Waals surface area contributed by atoms with Crippen LogP contribution in [0.1, 0.15) is 6.42 Å². The fourth-order valence-electron chi connectivity index (χ4n) is 2.85. The molecule has 0 spiro atoms. The Morgan fingerprint density at radius 2 is 2.05 bits per heavy atom. The quantitative estimate of drug-likeness (QED) is 0.827. The third-order valence-electron chi connectivity index (χ3n) is 3.85. The van der Waals surface area contributed by atoms with Crippen molar-refractivity contribution in [2.24, 2.45) is 0 Å². The predicted molar refractivity (Wildman–Crippen MR) is 76.7 cm³/mol. The average Bonchev–Trinajstić information content (AvgIpc) is 2.88. The summed E-state index contributed by atoms with van der Waals surface area (Å²) < 4.78 is 5.40. The highest BCUT2D eigenvalue weighted by Gasteiger charge is 2.29. The fourth-order valence-corrected chi connectivity index (χ4v) is 3.07. The Bertz CT molecular complexity index is 430. The van der Waals surface area contributed by atoms with Gasteiger partial charge in [-0.15, -0.1) is 0 Å². The molecule has 1 atom stereocenters. The molecule has 1 unspecified atom stereocenters. The lowest BCUT2D eigenvalue weighted by molar-refractivity contribution is 0.0209. The minimum Gasteiger partial charge on any atom is -0.399 e. The van der Waals surface area contributed by atoms with Gasteiger partial charge in [0.15, 0.2) is 0 Å². The number of nitrogens with two attached hydrogens (primary N) is 1. The van der Waals surface area contributed by atoms with E-state index in [4.69, 9.17) is 22.1 Å². The smallest absolute Gasteiger partial charge is 0.133 e. The highest BCUT2D eigenvalue weighted by atomic mass is 35.5. The van der Waals surface area contributed by atoms with E-state index in [1.165, 1.54) is 0 Å². The van der Waals surface area contributed by atoms with Crippen LogP contribution >= 0.6 is 11.6 Å². The van der Waals surface area contributed by atoms with Crippen LogP contribution in [0.2, 0.25) is 5.15 Å². The van der Waals surface area contributed by atoms with Gasteiger partial charge in [-0.3, -0.25) is 4.90 Å². The maximum absolute atomic E-state index is 5.97. The number of ether oxygens (including phenoxy) is 1. The lowest BCUT2D eigenvalue weighted by atomic mass is 10.2. The zero-order chi connectivity index (χ0) is 13.2. The maximum Gasteiger partial charge on any atom is 0.133 e. The van der Waals surface area contributed by atoms with Gasteiger partial charge in [0, 0.05) is 44.0 Å². The molecule has 1 aromatic rings. The van der Waals surface area contributed by atoms with Gasteiger partial charge in [-0.05, 0) is 12.5 Å². The van der Waals surface area contributed by atoms with Gasteiger partial charge in [0.2, 0.25) is 0 Å². The zero-order valence-corrected chi connectivity index (χ0v) is 11.6. The summed E-state index contributed by atoms with van der Waals surface area (Å²) in [4.78, 5) is 9.14. The maximum atomic E-state index is 5.97. The number of hydrogen-bond donors (Lipinski definition) is 1. The highest BCUT2D eigenvalue weighted by Crippen LogP contribution is 2.25. The summed E-state index contributed by atoms with van der Waals surface area (Å²) in [5.41, 5.74) is 6.50. The van der Waals surface area contributed by atoms with Crippen molar-refractivity contribution in [3.05, 3.63) is 17.3 Å². The lowest BCUT2D eigenvalue weighted by Crippen LogP contribution is -2.44. The zero-order valence-electron chi connectivity index (χ0n) is 10.9. The van der Waals surface area contributed by atoms with Crippen molar-refractivity contribution in [1.82, 2.24) is 9.88 Å². The number of halogens is 1. The molecule has 0 bridgehead atoms. The molecule has 0 radical (unpaired) electrons. The van der Waals surface area contributed by atoms with Crippen molar-refractivity contribution in [2.45, 2.75) is 12.5 Å². The van der Waals surface area contributed by atoms with E-state index >= 15 is 0 Å². The molecule has 0 amide bonds. The molecule has 3 heterocycles. The summed E-state index contributed by atoms with van der Waals surface area (Å²) in [6, 6.07) is 4.17. The Labute approximate surface area is 118 Å². The molecule has 0 saturated carbocycles. The lowest BCUT2D eigenvalue weighted by Gasteiger charge is -2.32. The second-order valence-electron chi connectivity index (χ2n) is 5.12. The van der Waals surface area contributed by atoms with Crippen LogP contribution in [-0.2, 0) is 4.74 Å². The van der Waals surface area contributed by atoms with E-state index in [0.717, 1.165) is 51.6 Å². The summed E-state index contributed by atoms with van der Waals surface area (Å²) in [6.45, 7) is 5.76. The third kappa shape index (κ3) is 2.94. The summed E-state index contributed by atoms with van der Waals surface area (Å²) in [5, 5.41) is 0.463. The predicted octanol–water partition coefficient (Wildman–Crippen LogP) is 1.23. The second kappa shape index (κ2) is 5.53. The third-order valence-corrected chi connectivity index (χ3v) is 4.05. The number of pyridine rings is 1. The molecular formula is C13H19ClN4O. The molecule has 5 nitrogen and oxygen atoms in total. The van der Waals surface area contributed by atoms with Gasteiger partial charge in [0.25, 0.3) is 0 Å². The molecule has 0 aromatic carbocycles. The van der Waals surface area contributed by atoms with E-state index in [0.29, 0.717) is 16.9 Å². The summed E-state index contributed by atoms with van der Waals surface area (Å²) in [6.07, 6.45) is 1.16. The van der Waals surface area contributed by atoms with Crippen LogP contribution in [0.4, 0.5) is 11.5 Å². The normalized spacial score (nSPS) is 24.9. The molecule has 3 rings (SSSR count). The van der Waals surface area contributed by atoms with Gasteiger partial charge in [-0.25, -0.2) is 4.98 Å². The van der Waals surface area contributed by atoms with Crippen molar-refractivity contribution in [2.75, 3.05) is 50.0 Å². The molecule has 0 aliphatic carbocycles. The standard InChI is InChI=1S/C13H19ClN4O/c14-12-7-10(15)8-13(16-12)18-2-1-11(9-18)17-3-5-19-6-4-17/h7-8,11H,1-6,9H2,(H2,15,16). The van der Waals surface area contributed by atoms with Gasteiger partial charge >= 0.3 is 0 Å². The largest absolute Gasteiger partial charge is 0.399 e. The summed E-state index contributed by atoms with van der Waals surface area (Å²) in [7, 11) is 0. The number of morpholine rings is 1. The molecule has 19 heavy (non-hydrogen) atoms. The van der Waals surface area contributed by atoms with E-state index in [-0.39, 0.29) is 0 Å². The molecular weight excluding hydrogens is 264 g/mol. The molecule has 6 heteroatoms. The van der Waals surface area contributed by atoms with Crippen molar-refractivity contribution in [3.63, 3.8) is 0 Å². The van der Waals surface area contributed by atoms with Crippen LogP contribution < -0.4 is 10.6 Å². The van der Waals surface area contributed by atoms with Gasteiger partial charge in [0.1, 0.15) is 11.0 Å². The molecule has 2 fully saturated rings. The van der Waals surface area contributed by atoms with Crippen LogP contribution in [-0.4, -0.2) is 55.3 Å². The van der Waals surface area contributed by atoms with Crippen molar-refractivity contribution >= 4 is 23.1 Å². The molecule has 2 aliphatic heterocycles. The first-order chi connectivity index (χ1) is 9.22. The first kappa shape index (κ1) is 13.0. The Kier molecular flexibility index (Phi) is 3.77. The van der Waals surface area contributed by atoms with E-state index in [9.17, 15) is 0 Å². The van der Waals surface area contributed by atoms with Gasteiger partial charge < -0.3 is 15.4 Å². The molecule has 2 saturated heterocycles. The van der Waals surface area contributed by atoms with E-state index in [1.807, 2.05) is 6.07 Å². The number of nitrogen functional groups attached to an aromatic ring is 1. The van der Waals surface area contributed by atoms with Crippen molar-refractivity contribution in [3.8, 4) is 0 Å². The Balaban J connectivity index is 1.67. The fraction of sp³-hybridized carbons (Fsp3) is 0.615. The van der Waals surface area contributed by atoms with E-state index < -0.39 is 0 Å². The highest BCUT2D eigenvalue weighted by molar-refractivity contribution is 6.29. The van der Waals surface area contributed by atoms with Crippen molar-refractivity contribution in [1.29, 1.82) is 0 Å². The SMILES string of the molecule is Nc1cc(Cl)nc(N2CCC(N3CCOCC3)C2)c1. The number of aromatic nitrogens is 1. The number of hydrogen-bond acceptors (Lipinski definition) is 5. The second-order valence-corrected chi connectivity index (χ2v) is 5.51. The van der Waals surface area contributed by atoms with Gasteiger partial charge in [-0.1, -0.05) is 11.6 Å². The van der Waals surface area contributed by atoms with Gasteiger partial charge in [-0.2, -0.15) is 0 Å². The number of rotatable bonds is 2. The number of nitrogens with zero attached hydrogens (tertiary/aromatic N) is 3. The van der Waals surface area contributed by atoms with E-state index in [1.54, 1.807) is 6.07 Å². The average molecular weight is 283 g/mol. The molecule has 2 N–H and O–H groups in total. The summed E-state index contributed by atoms with van der Waals surface area (Å²) >= 11 is 5.97. The van der Waals surface area contributed by atoms with Crippen LogP contribution in [0, 0.1) is 0 Å². The van der Waals surface area contributed by atoms with E-state index in [2.05, 4.69) is 14.8 Å². The Morgan fingerprint density at radius 1 is 1.26 bits per heavy atom. The first-order valence-corrected chi connectivity index (χ1v) is 7.10. The molecule has 1 aromatic heterocycles. The topological polar surface area (TPSA) is 54.6 Å². The minimum atomic E-state index is 0.463. The monoisotopic (exact) mass is 282 g/mol. The van der Waals surface area contributed by atoms with Crippen LogP contribution in [0.5, 0.6) is 0 Å². The minimum absolute atomic E-state index is 0.463. The Morgan fingerprint density at radius 3 is 2.79 bits per heavy atom. The Hall–Kier alpha value is -1.04. The first-order valence-electron chi connectivity index (χ1n) is 6.72. The van der Waals surface area contributed by atoms with Crippen LogP contribution in [0.3, 0.4) is 0 Å². The van der Waals surface area contributed by atoms with Crippen molar-refractivity contribution < 1.29 is 4.74 Å².